The quantitative estimate of drug-likeness (QED) is 0.778. The van der Waals surface area contributed by atoms with Gasteiger partial charge in [-0.25, -0.2) is 0 Å². The van der Waals surface area contributed by atoms with Crippen molar-refractivity contribution < 1.29 is 19.4 Å². The standard InChI is InChI=1S/C16H21NO4/c1-20-14-5-3-4-9-6-13-11(7-10(9)14)15(18)12(8-17-13)16(19)21-2/h3-5,11-13,15,17-18H,6-8H2,1-2H3. The molecule has 0 spiro atoms. The van der Waals surface area contributed by atoms with E-state index >= 15 is 0 Å². The number of rotatable bonds is 2. The predicted molar refractivity (Wildman–Crippen MR) is 77.2 cm³/mol. The molecular formula is C16H21NO4. The maximum atomic E-state index is 11.8. The van der Waals surface area contributed by atoms with Crippen molar-refractivity contribution >= 4 is 5.97 Å². The van der Waals surface area contributed by atoms with Crippen LogP contribution in [0.4, 0.5) is 0 Å². The lowest BCUT2D eigenvalue weighted by Gasteiger charge is -2.43. The summed E-state index contributed by atoms with van der Waals surface area (Å²) >= 11 is 0. The fraction of sp³-hybridized carbons (Fsp3) is 0.562. The van der Waals surface area contributed by atoms with Gasteiger partial charge in [0.15, 0.2) is 0 Å². The van der Waals surface area contributed by atoms with Gasteiger partial charge < -0.3 is 19.9 Å². The van der Waals surface area contributed by atoms with Crippen LogP contribution in [-0.4, -0.2) is 44.0 Å². The van der Waals surface area contributed by atoms with Gasteiger partial charge in [-0.05, 0) is 30.0 Å². The molecular weight excluding hydrogens is 270 g/mol. The Kier molecular flexibility index (Phi) is 3.87. The van der Waals surface area contributed by atoms with Crippen LogP contribution in [0.3, 0.4) is 0 Å². The second kappa shape index (κ2) is 5.66. The number of aliphatic hydroxyl groups excluding tert-OH is 1. The number of hydrogen-bond donors (Lipinski definition) is 2. The molecule has 1 aliphatic carbocycles. The number of nitrogens with one attached hydrogen (secondary N) is 1. The highest BCUT2D eigenvalue weighted by atomic mass is 16.5. The zero-order valence-corrected chi connectivity index (χ0v) is 12.3. The van der Waals surface area contributed by atoms with Crippen molar-refractivity contribution in [2.24, 2.45) is 11.8 Å². The van der Waals surface area contributed by atoms with E-state index in [9.17, 15) is 9.90 Å². The van der Waals surface area contributed by atoms with Gasteiger partial charge in [0, 0.05) is 18.5 Å². The SMILES string of the molecule is COC(=O)C1CNC2Cc3cccc(OC)c3CC2C1O. The van der Waals surface area contributed by atoms with Gasteiger partial charge in [-0.1, -0.05) is 12.1 Å². The molecule has 3 rings (SSSR count). The number of fused-ring (bicyclic) bond motifs is 2. The Bertz CT molecular complexity index is 545. The number of ether oxygens (including phenoxy) is 2. The van der Waals surface area contributed by atoms with E-state index in [1.165, 1.54) is 12.7 Å². The normalized spacial score (nSPS) is 31.0. The van der Waals surface area contributed by atoms with Crippen molar-refractivity contribution in [1.29, 1.82) is 0 Å². The van der Waals surface area contributed by atoms with E-state index in [0.717, 1.165) is 17.7 Å². The second-order valence-corrected chi connectivity index (χ2v) is 5.81. The van der Waals surface area contributed by atoms with Crippen molar-refractivity contribution in [2.45, 2.75) is 25.0 Å². The zero-order valence-electron chi connectivity index (χ0n) is 12.3. The molecule has 4 atom stereocenters. The molecule has 2 aliphatic rings. The summed E-state index contributed by atoms with van der Waals surface area (Å²) in [4.78, 5) is 11.8. The lowest BCUT2D eigenvalue weighted by atomic mass is 9.71. The highest BCUT2D eigenvalue weighted by molar-refractivity contribution is 5.73. The Morgan fingerprint density at radius 2 is 2.14 bits per heavy atom. The molecule has 1 aromatic carbocycles. The summed E-state index contributed by atoms with van der Waals surface area (Å²) in [6.07, 6.45) is 0.884. The summed E-state index contributed by atoms with van der Waals surface area (Å²) < 4.78 is 10.2. The van der Waals surface area contributed by atoms with Crippen molar-refractivity contribution in [3.05, 3.63) is 29.3 Å². The van der Waals surface area contributed by atoms with E-state index in [0.29, 0.717) is 13.0 Å². The molecule has 0 radical (unpaired) electrons. The molecule has 0 saturated carbocycles. The molecule has 1 aliphatic heterocycles. The van der Waals surface area contributed by atoms with Crippen LogP contribution in [0.25, 0.3) is 0 Å². The maximum absolute atomic E-state index is 11.8. The van der Waals surface area contributed by atoms with E-state index in [-0.39, 0.29) is 17.9 Å². The Balaban J connectivity index is 1.88. The van der Waals surface area contributed by atoms with Crippen LogP contribution in [0.15, 0.2) is 18.2 Å². The van der Waals surface area contributed by atoms with Crippen LogP contribution in [0.1, 0.15) is 11.1 Å². The number of carbonyl (C=O) groups excluding carboxylic acids is 1. The molecule has 0 aromatic heterocycles. The lowest BCUT2D eigenvalue weighted by molar-refractivity contribution is -0.153. The van der Waals surface area contributed by atoms with Gasteiger partial charge in [0.25, 0.3) is 0 Å². The van der Waals surface area contributed by atoms with E-state index in [2.05, 4.69) is 11.4 Å². The Labute approximate surface area is 124 Å². The molecule has 5 heteroatoms. The molecule has 1 heterocycles. The summed E-state index contributed by atoms with van der Waals surface area (Å²) in [5, 5.41) is 14.0. The monoisotopic (exact) mass is 291 g/mol. The first-order valence-electron chi connectivity index (χ1n) is 7.29. The van der Waals surface area contributed by atoms with Crippen molar-refractivity contribution in [3.63, 3.8) is 0 Å². The first-order valence-corrected chi connectivity index (χ1v) is 7.29. The minimum absolute atomic E-state index is 0.00616. The predicted octanol–water partition coefficient (Wildman–Crippen LogP) is 0.532. The molecule has 4 unspecified atom stereocenters. The third kappa shape index (κ3) is 2.40. The highest BCUT2D eigenvalue weighted by Gasteiger charge is 2.44. The minimum atomic E-state index is -0.679. The first-order chi connectivity index (χ1) is 10.2. The average Bonchev–Trinajstić information content (AvgIpc) is 2.52. The lowest BCUT2D eigenvalue weighted by Crippen LogP contribution is -2.58. The van der Waals surface area contributed by atoms with Gasteiger partial charge >= 0.3 is 5.97 Å². The van der Waals surface area contributed by atoms with Gasteiger partial charge in [-0.3, -0.25) is 4.79 Å². The number of aliphatic hydroxyl groups is 1. The highest BCUT2D eigenvalue weighted by Crippen LogP contribution is 2.37. The molecule has 1 aromatic rings. The van der Waals surface area contributed by atoms with Crippen molar-refractivity contribution in [3.8, 4) is 5.75 Å². The molecule has 1 fully saturated rings. The molecule has 0 bridgehead atoms. The van der Waals surface area contributed by atoms with E-state index in [1.807, 2.05) is 12.1 Å². The van der Waals surface area contributed by atoms with Crippen LogP contribution in [-0.2, 0) is 22.4 Å². The Hall–Kier alpha value is -1.59. The molecule has 2 N–H and O–H groups in total. The zero-order chi connectivity index (χ0) is 15.0. The van der Waals surface area contributed by atoms with E-state index in [4.69, 9.17) is 9.47 Å². The van der Waals surface area contributed by atoms with Crippen molar-refractivity contribution in [1.82, 2.24) is 5.32 Å². The minimum Gasteiger partial charge on any atom is -0.496 e. The fourth-order valence-corrected chi connectivity index (χ4v) is 3.65. The molecule has 21 heavy (non-hydrogen) atoms. The number of hydrogen-bond acceptors (Lipinski definition) is 5. The largest absolute Gasteiger partial charge is 0.496 e. The third-order valence-electron chi connectivity index (χ3n) is 4.80. The van der Waals surface area contributed by atoms with Gasteiger partial charge in [-0.15, -0.1) is 0 Å². The van der Waals surface area contributed by atoms with Crippen LogP contribution in [0, 0.1) is 11.8 Å². The Morgan fingerprint density at radius 3 is 2.86 bits per heavy atom. The molecule has 114 valence electrons. The van der Waals surface area contributed by atoms with Gasteiger partial charge in [0.05, 0.1) is 26.2 Å². The van der Waals surface area contributed by atoms with Gasteiger partial charge in [0.2, 0.25) is 0 Å². The summed E-state index contributed by atoms with van der Waals surface area (Å²) in [6, 6.07) is 6.24. The molecule has 5 nitrogen and oxygen atoms in total. The summed E-state index contributed by atoms with van der Waals surface area (Å²) in [6.45, 7) is 0.467. The Morgan fingerprint density at radius 1 is 1.33 bits per heavy atom. The third-order valence-corrected chi connectivity index (χ3v) is 4.80. The van der Waals surface area contributed by atoms with E-state index < -0.39 is 12.0 Å². The average molecular weight is 291 g/mol. The van der Waals surface area contributed by atoms with E-state index in [1.54, 1.807) is 7.11 Å². The number of esters is 1. The van der Waals surface area contributed by atoms with Gasteiger partial charge in [-0.2, -0.15) is 0 Å². The number of piperidine rings is 1. The first kappa shape index (κ1) is 14.4. The van der Waals surface area contributed by atoms with Crippen molar-refractivity contribution in [2.75, 3.05) is 20.8 Å². The topological polar surface area (TPSA) is 67.8 Å². The van der Waals surface area contributed by atoms with Crippen LogP contribution in [0.2, 0.25) is 0 Å². The number of carbonyl (C=O) groups is 1. The number of methoxy groups -OCH3 is 2. The van der Waals surface area contributed by atoms with Crippen LogP contribution in [0.5, 0.6) is 5.75 Å². The maximum Gasteiger partial charge on any atom is 0.312 e. The molecule has 0 amide bonds. The van der Waals surface area contributed by atoms with Gasteiger partial charge in [0.1, 0.15) is 5.75 Å². The van der Waals surface area contributed by atoms with Crippen LogP contribution >= 0.6 is 0 Å². The fourth-order valence-electron chi connectivity index (χ4n) is 3.65. The second-order valence-electron chi connectivity index (χ2n) is 5.81. The summed E-state index contributed by atoms with van der Waals surface area (Å²) in [5.41, 5.74) is 2.40. The number of benzene rings is 1. The summed E-state index contributed by atoms with van der Waals surface area (Å²) in [7, 11) is 3.02. The smallest absolute Gasteiger partial charge is 0.312 e. The molecule has 1 saturated heterocycles. The van der Waals surface area contributed by atoms with Crippen LogP contribution < -0.4 is 10.1 Å². The summed E-state index contributed by atoms with van der Waals surface area (Å²) in [5.74, 6) is 0.0248.